The van der Waals surface area contributed by atoms with Crippen LogP contribution in [0.3, 0.4) is 0 Å². The molecule has 0 aliphatic carbocycles. The van der Waals surface area contributed by atoms with Crippen molar-refractivity contribution in [3.63, 3.8) is 0 Å². The summed E-state index contributed by atoms with van der Waals surface area (Å²) in [6, 6.07) is 0. The molecule has 0 aromatic heterocycles. The summed E-state index contributed by atoms with van der Waals surface area (Å²) in [7, 11) is 0. The lowest BCUT2D eigenvalue weighted by atomic mass is 10.1. The zero-order chi connectivity index (χ0) is 29.2. The van der Waals surface area contributed by atoms with Gasteiger partial charge in [0.1, 0.15) is 6.10 Å². The molecular formula is C36H64O4. The zero-order valence-electron chi connectivity index (χ0n) is 26.3. The minimum atomic E-state index is -0.545. The van der Waals surface area contributed by atoms with Crippen molar-refractivity contribution in [2.75, 3.05) is 19.8 Å². The van der Waals surface area contributed by atoms with Gasteiger partial charge in [-0.3, -0.25) is 4.79 Å². The number of aliphatic hydroxyl groups excluding tert-OH is 1. The molecule has 4 heteroatoms. The minimum absolute atomic E-state index is 0.183. The zero-order valence-corrected chi connectivity index (χ0v) is 26.3. The largest absolute Gasteiger partial charge is 0.457 e. The molecule has 0 bridgehead atoms. The smallest absolute Gasteiger partial charge is 0.306 e. The number of esters is 1. The molecule has 0 saturated carbocycles. The second-order valence-corrected chi connectivity index (χ2v) is 10.9. The van der Waals surface area contributed by atoms with Crippen LogP contribution in [0.4, 0.5) is 0 Å². The van der Waals surface area contributed by atoms with Gasteiger partial charge in [0.2, 0.25) is 0 Å². The van der Waals surface area contributed by atoms with Crippen LogP contribution in [0.2, 0.25) is 0 Å². The number of unbranched alkanes of at least 4 members (excludes halogenated alkanes) is 14. The lowest BCUT2D eigenvalue weighted by molar-refractivity contribution is -0.154. The highest BCUT2D eigenvalue weighted by Crippen LogP contribution is 2.10. The number of aliphatic hydroxyl groups is 1. The van der Waals surface area contributed by atoms with E-state index in [0.717, 1.165) is 51.4 Å². The van der Waals surface area contributed by atoms with Gasteiger partial charge >= 0.3 is 5.97 Å². The first-order chi connectivity index (χ1) is 19.7. The quantitative estimate of drug-likeness (QED) is 0.0539. The second-order valence-electron chi connectivity index (χ2n) is 10.9. The molecule has 1 N–H and O–H groups in total. The Morgan fingerprint density at radius 2 is 1.10 bits per heavy atom. The van der Waals surface area contributed by atoms with E-state index in [2.05, 4.69) is 62.5 Å². The molecule has 0 radical (unpaired) electrons. The van der Waals surface area contributed by atoms with Crippen LogP contribution in [0.15, 0.2) is 48.6 Å². The van der Waals surface area contributed by atoms with Gasteiger partial charge in [-0.25, -0.2) is 0 Å². The fourth-order valence-corrected chi connectivity index (χ4v) is 4.32. The van der Waals surface area contributed by atoms with Crippen LogP contribution in [-0.4, -0.2) is 37.0 Å². The summed E-state index contributed by atoms with van der Waals surface area (Å²) in [5.74, 6) is -0.222. The number of hydrogen-bond acceptors (Lipinski definition) is 4. The standard InChI is InChI=1S/C36H64O4/c1-3-5-7-9-11-13-15-17-19-21-23-25-27-29-31-36(38)40-35(33-37)34-39-32-30-28-26-24-22-20-18-16-14-12-10-8-6-4-2/h8-11,14-17,35,37H,3-7,12-13,18-34H2,1-2H3/b10-8-,11-9-,16-14-,17-15-. The second kappa shape index (κ2) is 33.6. The van der Waals surface area contributed by atoms with E-state index < -0.39 is 6.10 Å². The Balaban J connectivity index is 3.51. The fraction of sp³-hybridized carbons (Fsp3) is 0.750. The van der Waals surface area contributed by atoms with E-state index in [0.29, 0.717) is 13.0 Å². The average Bonchev–Trinajstić information content (AvgIpc) is 2.96. The highest BCUT2D eigenvalue weighted by atomic mass is 16.6. The number of rotatable bonds is 30. The van der Waals surface area contributed by atoms with E-state index in [9.17, 15) is 9.90 Å². The van der Waals surface area contributed by atoms with Crippen LogP contribution < -0.4 is 0 Å². The van der Waals surface area contributed by atoms with Crippen LogP contribution in [0.25, 0.3) is 0 Å². The Bertz CT molecular complexity index is 635. The predicted octanol–water partition coefficient (Wildman–Crippen LogP) is 10.4. The van der Waals surface area contributed by atoms with E-state index >= 15 is 0 Å². The molecule has 0 aliphatic heterocycles. The van der Waals surface area contributed by atoms with Gasteiger partial charge in [0.25, 0.3) is 0 Å². The highest BCUT2D eigenvalue weighted by Gasteiger charge is 2.13. The van der Waals surface area contributed by atoms with Crippen molar-refractivity contribution in [3.8, 4) is 0 Å². The summed E-state index contributed by atoms with van der Waals surface area (Å²) >= 11 is 0. The summed E-state index contributed by atoms with van der Waals surface area (Å²) in [4.78, 5) is 12.1. The predicted molar refractivity (Wildman–Crippen MR) is 173 cm³/mol. The summed E-state index contributed by atoms with van der Waals surface area (Å²) in [5.41, 5.74) is 0. The molecule has 0 fully saturated rings. The van der Waals surface area contributed by atoms with Crippen LogP contribution >= 0.6 is 0 Å². The van der Waals surface area contributed by atoms with Crippen molar-refractivity contribution in [2.45, 2.75) is 155 Å². The number of hydrogen-bond donors (Lipinski definition) is 1. The van der Waals surface area contributed by atoms with Crippen LogP contribution in [0.5, 0.6) is 0 Å². The number of carbonyl (C=O) groups is 1. The van der Waals surface area contributed by atoms with Gasteiger partial charge in [-0.15, -0.1) is 0 Å². The molecule has 0 rings (SSSR count). The normalized spacial score (nSPS) is 13.0. The summed E-state index contributed by atoms with van der Waals surface area (Å²) in [6.45, 7) is 5.19. The Morgan fingerprint density at radius 3 is 1.65 bits per heavy atom. The summed E-state index contributed by atoms with van der Waals surface area (Å²) < 4.78 is 11.1. The molecular weight excluding hydrogens is 496 g/mol. The van der Waals surface area contributed by atoms with E-state index in [4.69, 9.17) is 9.47 Å². The molecule has 4 nitrogen and oxygen atoms in total. The maximum atomic E-state index is 12.1. The van der Waals surface area contributed by atoms with Gasteiger partial charge in [0.05, 0.1) is 13.2 Å². The maximum Gasteiger partial charge on any atom is 0.306 e. The first-order valence-electron chi connectivity index (χ1n) is 16.7. The minimum Gasteiger partial charge on any atom is -0.457 e. The van der Waals surface area contributed by atoms with Gasteiger partial charge in [-0.1, -0.05) is 127 Å². The summed E-state index contributed by atoms with van der Waals surface area (Å²) in [6.07, 6.45) is 41.4. The van der Waals surface area contributed by atoms with Crippen molar-refractivity contribution in [2.24, 2.45) is 0 Å². The Kier molecular flexibility index (Phi) is 32.2. The van der Waals surface area contributed by atoms with Crippen molar-refractivity contribution in [3.05, 3.63) is 48.6 Å². The van der Waals surface area contributed by atoms with Crippen molar-refractivity contribution >= 4 is 5.97 Å². The molecule has 1 unspecified atom stereocenters. The Hall–Kier alpha value is -1.65. The van der Waals surface area contributed by atoms with Crippen molar-refractivity contribution in [1.82, 2.24) is 0 Å². The molecule has 0 aromatic carbocycles. The van der Waals surface area contributed by atoms with E-state index in [1.54, 1.807) is 0 Å². The van der Waals surface area contributed by atoms with Crippen molar-refractivity contribution in [1.29, 1.82) is 0 Å². The molecule has 232 valence electrons. The van der Waals surface area contributed by atoms with Gasteiger partial charge < -0.3 is 14.6 Å². The van der Waals surface area contributed by atoms with Gasteiger partial charge in [0, 0.05) is 13.0 Å². The van der Waals surface area contributed by atoms with Gasteiger partial charge in [-0.05, 0) is 64.2 Å². The molecule has 1 atom stereocenters. The van der Waals surface area contributed by atoms with E-state index in [1.807, 2.05) is 0 Å². The number of allylic oxidation sites excluding steroid dienone is 8. The molecule has 0 aliphatic rings. The highest BCUT2D eigenvalue weighted by molar-refractivity contribution is 5.69. The van der Waals surface area contributed by atoms with Gasteiger partial charge in [-0.2, -0.15) is 0 Å². The monoisotopic (exact) mass is 560 g/mol. The Morgan fingerprint density at radius 1 is 0.600 bits per heavy atom. The first-order valence-corrected chi connectivity index (χ1v) is 16.7. The van der Waals surface area contributed by atoms with Crippen LogP contribution in [0.1, 0.15) is 149 Å². The lowest BCUT2D eigenvalue weighted by Gasteiger charge is -2.15. The first kappa shape index (κ1) is 38.4. The Labute approximate surface area is 248 Å². The molecule has 0 amide bonds. The topological polar surface area (TPSA) is 55.8 Å². The molecule has 0 heterocycles. The molecule has 0 aromatic rings. The third-order valence-electron chi connectivity index (χ3n) is 6.86. The summed E-state index contributed by atoms with van der Waals surface area (Å²) in [5, 5.41) is 9.52. The van der Waals surface area contributed by atoms with Crippen LogP contribution in [-0.2, 0) is 14.3 Å². The number of ether oxygens (including phenoxy) is 2. The molecule has 0 saturated heterocycles. The van der Waals surface area contributed by atoms with Crippen molar-refractivity contribution < 1.29 is 19.4 Å². The third kappa shape index (κ3) is 30.9. The fourth-order valence-electron chi connectivity index (χ4n) is 4.32. The molecule has 0 spiro atoms. The van der Waals surface area contributed by atoms with E-state index in [1.165, 1.54) is 77.0 Å². The number of carbonyl (C=O) groups excluding carboxylic acids is 1. The lowest BCUT2D eigenvalue weighted by Crippen LogP contribution is -2.27. The maximum absolute atomic E-state index is 12.1. The third-order valence-corrected chi connectivity index (χ3v) is 6.86. The van der Waals surface area contributed by atoms with E-state index in [-0.39, 0.29) is 19.2 Å². The average molecular weight is 561 g/mol. The van der Waals surface area contributed by atoms with Gasteiger partial charge in [0.15, 0.2) is 0 Å². The molecule has 40 heavy (non-hydrogen) atoms. The SMILES string of the molecule is CCC/C=C\C/C=C\CCCCCCCCOCC(CO)OC(=O)CCCCCCC/C=C\C/C=C\CCCC. The van der Waals surface area contributed by atoms with Crippen LogP contribution in [0, 0.1) is 0 Å².